The molecule has 0 spiro atoms. The molecule has 0 fully saturated rings. The third-order valence-electron chi connectivity index (χ3n) is 4.93. The number of alkyl carbamates (subject to hydrolysis) is 1. The van der Waals surface area contributed by atoms with E-state index in [1.54, 1.807) is 6.92 Å². The second-order valence-electron chi connectivity index (χ2n) is 7.26. The number of Topliss-reactive ketones (excluding diaryl/α,β-unsaturated/α-hetero) is 1. The molecular weight excluding hydrogens is 408 g/mol. The minimum Gasteiger partial charge on any atom is -0.445 e. The van der Waals surface area contributed by atoms with Gasteiger partial charge in [0.05, 0.1) is 12.5 Å². The van der Waals surface area contributed by atoms with E-state index in [0.29, 0.717) is 6.42 Å². The van der Waals surface area contributed by atoms with Crippen LogP contribution in [0, 0.1) is 0 Å². The first-order valence-corrected chi connectivity index (χ1v) is 10.4. The molecule has 0 saturated heterocycles. The molecule has 0 radical (unpaired) electrons. The smallest absolute Gasteiger partial charge is 0.408 e. The third kappa shape index (κ3) is 6.65. The Kier molecular flexibility index (Phi) is 8.34. The topological polar surface area (TPSA) is 93.7 Å². The number of hydroxylamine groups is 1. The molecule has 3 aromatic carbocycles. The SMILES string of the molecule is CCC(NC(=O)OCc1ccccc1)C(=O)CONC(=O)Cc1cccc2ccccc12. The Morgan fingerprint density at radius 1 is 0.906 bits per heavy atom. The number of rotatable bonds is 10. The highest BCUT2D eigenvalue weighted by molar-refractivity contribution is 5.90. The highest BCUT2D eigenvalue weighted by Gasteiger charge is 2.20. The molecule has 7 nitrogen and oxygen atoms in total. The van der Waals surface area contributed by atoms with Gasteiger partial charge in [-0.15, -0.1) is 0 Å². The number of carbonyl (C=O) groups excluding carboxylic acids is 3. The van der Waals surface area contributed by atoms with Gasteiger partial charge in [0, 0.05) is 0 Å². The number of ether oxygens (including phenoxy) is 1. The summed E-state index contributed by atoms with van der Waals surface area (Å²) in [5.74, 6) is -0.730. The maximum absolute atomic E-state index is 12.4. The maximum atomic E-state index is 12.4. The van der Waals surface area contributed by atoms with Gasteiger partial charge in [-0.2, -0.15) is 0 Å². The Bertz CT molecular complexity index is 1060. The summed E-state index contributed by atoms with van der Waals surface area (Å²) in [4.78, 5) is 41.7. The van der Waals surface area contributed by atoms with Crippen molar-refractivity contribution in [3.05, 3.63) is 83.9 Å². The summed E-state index contributed by atoms with van der Waals surface area (Å²) < 4.78 is 5.14. The molecule has 166 valence electrons. The van der Waals surface area contributed by atoms with Gasteiger partial charge in [-0.05, 0) is 28.3 Å². The molecule has 0 saturated carbocycles. The number of fused-ring (bicyclic) bond motifs is 1. The van der Waals surface area contributed by atoms with E-state index in [1.807, 2.05) is 72.8 Å². The van der Waals surface area contributed by atoms with Crippen molar-refractivity contribution in [3.63, 3.8) is 0 Å². The van der Waals surface area contributed by atoms with E-state index in [1.165, 1.54) is 0 Å². The zero-order chi connectivity index (χ0) is 22.8. The van der Waals surface area contributed by atoms with E-state index in [-0.39, 0.29) is 31.3 Å². The molecule has 0 aliphatic heterocycles. The minimum absolute atomic E-state index is 0.109. The Morgan fingerprint density at radius 3 is 2.41 bits per heavy atom. The van der Waals surface area contributed by atoms with E-state index in [9.17, 15) is 14.4 Å². The Balaban J connectivity index is 1.42. The molecule has 0 aliphatic carbocycles. The van der Waals surface area contributed by atoms with Gasteiger partial charge in [-0.3, -0.25) is 14.4 Å². The zero-order valence-electron chi connectivity index (χ0n) is 17.9. The number of amides is 2. The number of carbonyl (C=O) groups is 3. The van der Waals surface area contributed by atoms with Crippen LogP contribution in [-0.2, 0) is 32.2 Å². The lowest BCUT2D eigenvalue weighted by atomic mass is 10.0. The van der Waals surface area contributed by atoms with Gasteiger partial charge in [0.15, 0.2) is 5.78 Å². The van der Waals surface area contributed by atoms with Crippen molar-refractivity contribution >= 4 is 28.6 Å². The highest BCUT2D eigenvalue weighted by atomic mass is 16.7. The maximum Gasteiger partial charge on any atom is 0.408 e. The number of hydrogen-bond donors (Lipinski definition) is 2. The fourth-order valence-electron chi connectivity index (χ4n) is 3.26. The van der Waals surface area contributed by atoms with E-state index >= 15 is 0 Å². The van der Waals surface area contributed by atoms with Crippen molar-refractivity contribution in [1.82, 2.24) is 10.8 Å². The van der Waals surface area contributed by atoms with Crippen LogP contribution in [0.5, 0.6) is 0 Å². The summed E-state index contributed by atoms with van der Waals surface area (Å²) in [6.45, 7) is 1.51. The first-order chi connectivity index (χ1) is 15.6. The van der Waals surface area contributed by atoms with Gasteiger partial charge in [-0.25, -0.2) is 10.3 Å². The normalized spacial score (nSPS) is 11.5. The quantitative estimate of drug-likeness (QED) is 0.475. The summed E-state index contributed by atoms with van der Waals surface area (Å²) >= 11 is 0. The third-order valence-corrected chi connectivity index (χ3v) is 4.93. The van der Waals surface area contributed by atoms with Gasteiger partial charge in [-0.1, -0.05) is 79.7 Å². The Morgan fingerprint density at radius 2 is 1.62 bits per heavy atom. The molecule has 0 aliphatic rings. The minimum atomic E-state index is -0.770. The predicted molar refractivity (Wildman–Crippen MR) is 121 cm³/mol. The van der Waals surface area contributed by atoms with Crippen molar-refractivity contribution < 1.29 is 24.0 Å². The van der Waals surface area contributed by atoms with E-state index in [0.717, 1.165) is 21.9 Å². The summed E-state index contributed by atoms with van der Waals surface area (Å²) in [6.07, 6.45) is -0.197. The highest BCUT2D eigenvalue weighted by Crippen LogP contribution is 2.18. The molecule has 32 heavy (non-hydrogen) atoms. The molecule has 7 heteroatoms. The van der Waals surface area contributed by atoms with Crippen molar-refractivity contribution in [2.24, 2.45) is 0 Å². The van der Waals surface area contributed by atoms with Crippen LogP contribution < -0.4 is 10.8 Å². The van der Waals surface area contributed by atoms with Gasteiger partial charge < -0.3 is 10.1 Å². The van der Waals surface area contributed by atoms with Crippen LogP contribution in [-0.4, -0.2) is 30.4 Å². The molecular formula is C25H26N2O5. The summed E-state index contributed by atoms with van der Waals surface area (Å²) in [5, 5.41) is 4.57. The lowest BCUT2D eigenvalue weighted by Crippen LogP contribution is -2.43. The van der Waals surface area contributed by atoms with Gasteiger partial charge in [0.25, 0.3) is 0 Å². The molecule has 2 amide bonds. The number of nitrogens with one attached hydrogen (secondary N) is 2. The lowest BCUT2D eigenvalue weighted by molar-refractivity contribution is -0.138. The fourth-order valence-corrected chi connectivity index (χ4v) is 3.26. The molecule has 0 heterocycles. The predicted octanol–water partition coefficient (Wildman–Crippen LogP) is 3.70. The monoisotopic (exact) mass is 434 g/mol. The van der Waals surface area contributed by atoms with Crippen LogP contribution in [0.25, 0.3) is 10.8 Å². The van der Waals surface area contributed by atoms with Crippen LogP contribution in [0.2, 0.25) is 0 Å². The van der Waals surface area contributed by atoms with Gasteiger partial charge >= 0.3 is 6.09 Å². The van der Waals surface area contributed by atoms with Gasteiger partial charge in [0.2, 0.25) is 5.91 Å². The molecule has 3 rings (SSSR count). The average Bonchev–Trinajstić information content (AvgIpc) is 2.82. The largest absolute Gasteiger partial charge is 0.445 e. The van der Waals surface area contributed by atoms with Crippen LogP contribution in [0.4, 0.5) is 4.79 Å². The van der Waals surface area contributed by atoms with E-state index in [4.69, 9.17) is 9.57 Å². The Labute approximate surface area is 186 Å². The lowest BCUT2D eigenvalue weighted by Gasteiger charge is -2.16. The van der Waals surface area contributed by atoms with E-state index < -0.39 is 12.1 Å². The van der Waals surface area contributed by atoms with Crippen LogP contribution in [0.15, 0.2) is 72.8 Å². The van der Waals surface area contributed by atoms with Crippen molar-refractivity contribution in [3.8, 4) is 0 Å². The molecule has 3 aromatic rings. The Hall–Kier alpha value is -3.71. The standard InChI is InChI=1S/C25H26N2O5/c1-2-22(26-25(30)31-16-18-9-4-3-5-10-18)23(28)17-32-27-24(29)15-20-13-8-12-19-11-6-7-14-21(19)20/h3-14,22H,2,15-17H2,1H3,(H,26,30)(H,27,29). The summed E-state index contributed by atoms with van der Waals surface area (Å²) in [6, 6.07) is 22.0. The fraction of sp³-hybridized carbons (Fsp3) is 0.240. The summed E-state index contributed by atoms with van der Waals surface area (Å²) in [7, 11) is 0. The van der Waals surface area contributed by atoms with Crippen molar-refractivity contribution in [2.75, 3.05) is 6.61 Å². The molecule has 0 bridgehead atoms. The molecule has 1 unspecified atom stereocenters. The number of ketones is 1. The summed E-state index contributed by atoms with van der Waals surface area (Å²) in [5.41, 5.74) is 4.01. The zero-order valence-corrected chi connectivity index (χ0v) is 17.9. The number of hydrogen-bond acceptors (Lipinski definition) is 5. The molecule has 2 N–H and O–H groups in total. The van der Waals surface area contributed by atoms with E-state index in [2.05, 4.69) is 10.8 Å². The van der Waals surface area contributed by atoms with Crippen molar-refractivity contribution in [1.29, 1.82) is 0 Å². The van der Waals surface area contributed by atoms with Crippen LogP contribution in [0.3, 0.4) is 0 Å². The second-order valence-corrected chi connectivity index (χ2v) is 7.26. The first-order valence-electron chi connectivity index (χ1n) is 10.4. The first kappa shape index (κ1) is 23.0. The van der Waals surface area contributed by atoms with Crippen molar-refractivity contribution in [2.45, 2.75) is 32.4 Å². The van der Waals surface area contributed by atoms with Gasteiger partial charge in [0.1, 0.15) is 13.2 Å². The molecule has 0 aromatic heterocycles. The molecule has 1 atom stereocenters. The van der Waals surface area contributed by atoms with Crippen LogP contribution >= 0.6 is 0 Å². The van der Waals surface area contributed by atoms with Crippen LogP contribution in [0.1, 0.15) is 24.5 Å². The average molecular weight is 434 g/mol. The number of benzene rings is 3. The second kappa shape index (κ2) is 11.6.